The van der Waals surface area contributed by atoms with E-state index in [2.05, 4.69) is 10.3 Å². The van der Waals surface area contributed by atoms with Crippen LogP contribution in [0.5, 0.6) is 0 Å². The molecule has 1 amide bonds. The number of carbonyl (C=O) groups excluding carboxylic acids is 1. The van der Waals surface area contributed by atoms with Crippen LogP contribution in [0.1, 0.15) is 47.4 Å². The second-order valence-corrected chi connectivity index (χ2v) is 8.07. The van der Waals surface area contributed by atoms with Crippen LogP contribution < -0.4 is 0 Å². The highest BCUT2D eigenvalue weighted by Gasteiger charge is 2.41. The molecule has 0 aromatic carbocycles. The first kappa shape index (κ1) is 18.8. The van der Waals surface area contributed by atoms with Crippen molar-refractivity contribution < 1.29 is 23.4 Å². The van der Waals surface area contributed by atoms with E-state index in [4.69, 9.17) is 18.6 Å². The number of nitrogens with zero attached hydrogens (tertiary/aromatic N) is 4. The number of amides is 1. The van der Waals surface area contributed by atoms with Gasteiger partial charge in [0.1, 0.15) is 12.0 Å². The highest BCUT2D eigenvalue weighted by Crippen LogP contribution is 2.34. The van der Waals surface area contributed by atoms with Gasteiger partial charge in [0.2, 0.25) is 0 Å². The number of fused-ring (bicyclic) bond motifs is 1. The highest BCUT2D eigenvalue weighted by atomic mass is 16.5. The molecule has 29 heavy (non-hydrogen) atoms. The Hall–Kier alpha value is -2.23. The summed E-state index contributed by atoms with van der Waals surface area (Å²) in [6.45, 7) is 4.31. The number of hydrogen-bond donors (Lipinski definition) is 0. The number of hydrogen-bond acceptors (Lipinski definition) is 7. The molecule has 2 aromatic rings. The van der Waals surface area contributed by atoms with Crippen molar-refractivity contribution in [1.29, 1.82) is 0 Å². The van der Waals surface area contributed by atoms with E-state index < -0.39 is 0 Å². The van der Waals surface area contributed by atoms with Crippen LogP contribution in [0.15, 0.2) is 23.0 Å². The molecule has 0 aliphatic carbocycles. The lowest BCUT2D eigenvalue weighted by Crippen LogP contribution is -2.52. The lowest BCUT2D eigenvalue weighted by molar-refractivity contribution is -0.120. The fraction of sp³-hybridized carbons (Fsp3) is 0.650. The first-order chi connectivity index (χ1) is 14.2. The van der Waals surface area contributed by atoms with Crippen molar-refractivity contribution in [2.75, 3.05) is 26.3 Å². The minimum atomic E-state index is -0.288. The topological polar surface area (TPSA) is 91.9 Å². The van der Waals surface area contributed by atoms with E-state index in [0.29, 0.717) is 45.0 Å². The van der Waals surface area contributed by atoms with Crippen molar-refractivity contribution in [2.24, 2.45) is 0 Å². The Morgan fingerprint density at radius 2 is 2.24 bits per heavy atom. The first-order valence-corrected chi connectivity index (χ1v) is 10.3. The highest BCUT2D eigenvalue weighted by molar-refractivity contribution is 5.93. The van der Waals surface area contributed by atoms with E-state index in [9.17, 15) is 4.79 Å². The number of aromatic nitrogens is 3. The molecule has 5 rings (SSSR count). The summed E-state index contributed by atoms with van der Waals surface area (Å²) in [5.74, 6) is 0.0107. The summed E-state index contributed by atoms with van der Waals surface area (Å²) in [4.78, 5) is 14.4. The van der Waals surface area contributed by atoms with Gasteiger partial charge in [0.05, 0.1) is 55.6 Å². The first-order valence-electron chi connectivity index (χ1n) is 10.3. The third kappa shape index (κ3) is 3.82. The van der Waals surface area contributed by atoms with Crippen LogP contribution in [0.25, 0.3) is 0 Å². The molecule has 3 aliphatic heterocycles. The van der Waals surface area contributed by atoms with Gasteiger partial charge in [-0.25, -0.2) is 4.68 Å². The average molecular weight is 402 g/mol. The molecule has 2 aromatic heterocycles. The Kier molecular flexibility index (Phi) is 5.11. The van der Waals surface area contributed by atoms with Gasteiger partial charge in [-0.2, -0.15) is 0 Å². The van der Waals surface area contributed by atoms with E-state index in [0.717, 1.165) is 43.7 Å². The maximum Gasteiger partial charge on any atom is 0.257 e. The molecule has 0 radical (unpaired) electrons. The van der Waals surface area contributed by atoms with Crippen molar-refractivity contribution in [3.8, 4) is 0 Å². The molecule has 1 unspecified atom stereocenters. The van der Waals surface area contributed by atoms with Gasteiger partial charge in [-0.15, -0.1) is 5.10 Å². The molecule has 0 bridgehead atoms. The molecule has 0 saturated carbocycles. The number of likely N-dealkylation sites (tertiary alicyclic amines) is 1. The third-order valence-electron chi connectivity index (χ3n) is 6.17. The van der Waals surface area contributed by atoms with Gasteiger partial charge >= 0.3 is 0 Å². The van der Waals surface area contributed by atoms with E-state index in [1.54, 1.807) is 6.07 Å². The van der Waals surface area contributed by atoms with Gasteiger partial charge < -0.3 is 23.5 Å². The summed E-state index contributed by atoms with van der Waals surface area (Å²) in [6.07, 6.45) is 6.95. The van der Waals surface area contributed by atoms with Crippen molar-refractivity contribution in [1.82, 2.24) is 19.9 Å². The number of furan rings is 1. The molecule has 9 heteroatoms. The number of rotatable bonds is 5. The van der Waals surface area contributed by atoms with Gasteiger partial charge in [0.15, 0.2) is 0 Å². The van der Waals surface area contributed by atoms with Crippen molar-refractivity contribution in [2.45, 2.75) is 57.1 Å². The lowest BCUT2D eigenvalue weighted by atomic mass is 9.89. The Morgan fingerprint density at radius 1 is 1.34 bits per heavy atom. The quantitative estimate of drug-likeness (QED) is 0.753. The molecular weight excluding hydrogens is 376 g/mol. The summed E-state index contributed by atoms with van der Waals surface area (Å²) in [6, 6.07) is 1.70. The molecule has 1 atom stereocenters. The van der Waals surface area contributed by atoms with Crippen LogP contribution >= 0.6 is 0 Å². The number of ether oxygens (including phenoxy) is 3. The SMILES string of the molecule is O=C(c1ccoc1)N1CCC2(CC1)Cn1nnc(COCC3CCCO3)c1CO2. The lowest BCUT2D eigenvalue weighted by Gasteiger charge is -2.43. The molecule has 0 N–H and O–H groups in total. The summed E-state index contributed by atoms with van der Waals surface area (Å²) < 4.78 is 24.6. The number of carbonyl (C=O) groups is 1. The molecule has 9 nitrogen and oxygen atoms in total. The van der Waals surface area contributed by atoms with E-state index in [1.165, 1.54) is 12.5 Å². The molecule has 3 aliphatic rings. The Morgan fingerprint density at radius 3 is 3.00 bits per heavy atom. The van der Waals surface area contributed by atoms with Gasteiger partial charge in [-0.05, 0) is 31.7 Å². The maximum atomic E-state index is 12.5. The van der Waals surface area contributed by atoms with Crippen molar-refractivity contribution in [3.63, 3.8) is 0 Å². The molecule has 1 spiro atoms. The monoisotopic (exact) mass is 402 g/mol. The Bertz CT molecular complexity index is 835. The smallest absolute Gasteiger partial charge is 0.257 e. The second-order valence-electron chi connectivity index (χ2n) is 8.07. The summed E-state index contributed by atoms with van der Waals surface area (Å²) in [5.41, 5.74) is 2.13. The Labute approximate surface area is 168 Å². The van der Waals surface area contributed by atoms with Gasteiger partial charge in [0, 0.05) is 19.7 Å². The molecular formula is C20H26N4O5. The van der Waals surface area contributed by atoms with Crippen molar-refractivity contribution in [3.05, 3.63) is 35.5 Å². The Balaban J connectivity index is 1.16. The molecule has 156 valence electrons. The standard InChI is InChI=1S/C20H26N4O5/c25-19(15-3-9-26-10-15)23-6-4-20(5-7-23)14-24-18(13-29-20)17(21-22-24)12-27-11-16-2-1-8-28-16/h3,9-10,16H,1-2,4-8,11-14H2. The van der Waals surface area contributed by atoms with E-state index in [1.807, 2.05) is 9.58 Å². The molecule has 5 heterocycles. The van der Waals surface area contributed by atoms with Crippen LogP contribution in [0.3, 0.4) is 0 Å². The average Bonchev–Trinajstić information content (AvgIpc) is 3.51. The fourth-order valence-electron chi connectivity index (χ4n) is 4.36. The zero-order valence-electron chi connectivity index (χ0n) is 16.4. The van der Waals surface area contributed by atoms with Crippen LogP contribution in [-0.4, -0.2) is 63.8 Å². The van der Waals surface area contributed by atoms with E-state index >= 15 is 0 Å². The predicted molar refractivity (Wildman–Crippen MR) is 100 cm³/mol. The minimum Gasteiger partial charge on any atom is -0.472 e. The fourth-order valence-corrected chi connectivity index (χ4v) is 4.36. The third-order valence-corrected chi connectivity index (χ3v) is 6.17. The van der Waals surface area contributed by atoms with Gasteiger partial charge in [-0.3, -0.25) is 4.79 Å². The summed E-state index contributed by atoms with van der Waals surface area (Å²) in [5, 5.41) is 8.64. The minimum absolute atomic E-state index is 0.0107. The largest absolute Gasteiger partial charge is 0.472 e. The normalized spacial score (nSPS) is 23.4. The van der Waals surface area contributed by atoms with Gasteiger partial charge in [-0.1, -0.05) is 5.21 Å². The van der Waals surface area contributed by atoms with Crippen LogP contribution in [0, 0.1) is 0 Å². The summed E-state index contributed by atoms with van der Waals surface area (Å²) in [7, 11) is 0. The summed E-state index contributed by atoms with van der Waals surface area (Å²) >= 11 is 0. The van der Waals surface area contributed by atoms with Crippen molar-refractivity contribution >= 4 is 5.91 Å². The zero-order chi connectivity index (χ0) is 19.7. The van der Waals surface area contributed by atoms with E-state index in [-0.39, 0.29) is 17.6 Å². The van der Waals surface area contributed by atoms with Crippen LogP contribution in [-0.2, 0) is 34.0 Å². The van der Waals surface area contributed by atoms with Crippen LogP contribution in [0.4, 0.5) is 0 Å². The zero-order valence-corrected chi connectivity index (χ0v) is 16.4. The number of piperidine rings is 1. The maximum absolute atomic E-state index is 12.5. The van der Waals surface area contributed by atoms with Crippen LogP contribution in [0.2, 0.25) is 0 Å². The molecule has 2 saturated heterocycles. The predicted octanol–water partition coefficient (Wildman–Crippen LogP) is 1.77. The van der Waals surface area contributed by atoms with Gasteiger partial charge in [0.25, 0.3) is 5.91 Å². The molecule has 2 fully saturated rings. The second kappa shape index (κ2) is 7.89.